The van der Waals surface area contributed by atoms with Crippen LogP contribution in [0.5, 0.6) is 0 Å². The lowest BCUT2D eigenvalue weighted by Gasteiger charge is -2.07. The molecule has 5 N–H and O–H groups in total. The monoisotopic (exact) mass is 232 g/mol. The number of nitrogen functional groups attached to an aromatic ring is 1. The molecule has 0 radical (unpaired) electrons. The summed E-state index contributed by atoms with van der Waals surface area (Å²) >= 11 is 0. The molecule has 17 heavy (non-hydrogen) atoms. The first kappa shape index (κ1) is 11.3. The summed E-state index contributed by atoms with van der Waals surface area (Å²) in [6.07, 6.45) is 0.360. The minimum absolute atomic E-state index is 0.0615. The lowest BCUT2D eigenvalue weighted by Crippen LogP contribution is -2.13. The molecule has 0 fully saturated rings. The molecular formula is C11H12N4O2. The van der Waals surface area contributed by atoms with Crippen LogP contribution in [0.2, 0.25) is 0 Å². The predicted octanol–water partition coefficient (Wildman–Crippen LogP) is 0.411. The van der Waals surface area contributed by atoms with Crippen LogP contribution < -0.4 is 11.5 Å². The topological polar surface area (TPSA) is 115 Å². The van der Waals surface area contributed by atoms with Crippen molar-refractivity contribution in [1.29, 1.82) is 0 Å². The van der Waals surface area contributed by atoms with Crippen LogP contribution >= 0.6 is 0 Å². The molecule has 88 valence electrons. The number of nitrogens with zero attached hydrogens (tertiary/aromatic N) is 2. The van der Waals surface area contributed by atoms with Gasteiger partial charge in [-0.2, -0.15) is 0 Å². The minimum atomic E-state index is -1.11. The number of rotatable bonds is 3. The molecule has 0 spiro atoms. The molecular weight excluding hydrogens is 220 g/mol. The molecule has 0 saturated carbocycles. The van der Waals surface area contributed by atoms with Crippen molar-refractivity contribution in [2.24, 2.45) is 5.73 Å². The Morgan fingerprint density at radius 3 is 2.76 bits per heavy atom. The second kappa shape index (κ2) is 4.34. The highest BCUT2D eigenvalue weighted by Gasteiger charge is 2.15. The van der Waals surface area contributed by atoms with Gasteiger partial charge in [0, 0.05) is 6.42 Å². The molecule has 6 nitrogen and oxygen atoms in total. The van der Waals surface area contributed by atoms with Crippen LogP contribution in [0.4, 0.5) is 5.69 Å². The Labute approximate surface area is 97.3 Å². The number of anilines is 1. The molecule has 1 aromatic heterocycles. The quantitative estimate of drug-likeness (QED) is 0.660. The summed E-state index contributed by atoms with van der Waals surface area (Å²) in [6.45, 7) is 0.313. The van der Waals surface area contributed by atoms with Gasteiger partial charge in [0.15, 0.2) is 5.69 Å². The molecule has 0 amide bonds. The van der Waals surface area contributed by atoms with Crippen LogP contribution in [-0.4, -0.2) is 27.6 Å². The van der Waals surface area contributed by atoms with E-state index in [1.54, 1.807) is 18.2 Å². The van der Waals surface area contributed by atoms with Crippen molar-refractivity contribution in [2.45, 2.75) is 6.42 Å². The van der Waals surface area contributed by atoms with E-state index in [9.17, 15) is 4.79 Å². The molecule has 2 rings (SSSR count). The van der Waals surface area contributed by atoms with Crippen molar-refractivity contribution in [3.63, 3.8) is 0 Å². The van der Waals surface area contributed by atoms with Gasteiger partial charge in [-0.3, -0.25) is 0 Å². The van der Waals surface area contributed by atoms with Crippen LogP contribution in [-0.2, 0) is 6.42 Å². The van der Waals surface area contributed by atoms with E-state index >= 15 is 0 Å². The average molecular weight is 232 g/mol. The van der Waals surface area contributed by atoms with Crippen molar-refractivity contribution < 1.29 is 9.90 Å². The van der Waals surface area contributed by atoms with Gasteiger partial charge in [-0.25, -0.2) is 14.8 Å². The second-order valence-corrected chi connectivity index (χ2v) is 3.58. The van der Waals surface area contributed by atoms with E-state index in [0.29, 0.717) is 35.4 Å². The van der Waals surface area contributed by atoms with Gasteiger partial charge in [0.1, 0.15) is 5.52 Å². The molecule has 0 bridgehead atoms. The van der Waals surface area contributed by atoms with Gasteiger partial charge in [-0.05, 0) is 18.7 Å². The van der Waals surface area contributed by atoms with Crippen LogP contribution in [0.15, 0.2) is 18.2 Å². The highest BCUT2D eigenvalue weighted by Crippen LogP contribution is 2.19. The molecule has 1 heterocycles. The van der Waals surface area contributed by atoms with E-state index in [4.69, 9.17) is 16.6 Å². The molecule has 1 aromatic carbocycles. The normalized spacial score (nSPS) is 10.6. The third-order valence-corrected chi connectivity index (χ3v) is 2.38. The van der Waals surface area contributed by atoms with Crippen LogP contribution in [0.25, 0.3) is 11.0 Å². The van der Waals surface area contributed by atoms with Gasteiger partial charge >= 0.3 is 5.97 Å². The zero-order valence-corrected chi connectivity index (χ0v) is 9.05. The van der Waals surface area contributed by atoms with E-state index in [2.05, 4.69) is 9.97 Å². The fourth-order valence-electron chi connectivity index (χ4n) is 1.62. The van der Waals surface area contributed by atoms with E-state index in [0.717, 1.165) is 0 Å². The summed E-state index contributed by atoms with van der Waals surface area (Å²) in [7, 11) is 0. The number of carboxylic acid groups (broad SMARTS) is 1. The number of aromatic nitrogens is 2. The van der Waals surface area contributed by atoms with Gasteiger partial charge in [0.2, 0.25) is 0 Å². The molecule has 0 atom stereocenters. The lowest BCUT2D eigenvalue weighted by atomic mass is 10.2. The number of aromatic carboxylic acids is 1. The Kier molecular flexibility index (Phi) is 2.88. The molecule has 0 aliphatic rings. The van der Waals surface area contributed by atoms with Gasteiger partial charge in [0.05, 0.1) is 16.9 Å². The van der Waals surface area contributed by atoms with Crippen molar-refractivity contribution in [1.82, 2.24) is 9.97 Å². The first-order valence-corrected chi connectivity index (χ1v) is 5.12. The number of fused-ring (bicyclic) bond motifs is 1. The smallest absolute Gasteiger partial charge is 0.356 e. The summed E-state index contributed by atoms with van der Waals surface area (Å²) in [5.41, 5.74) is 13.0. The number of nitrogens with two attached hydrogens (primary N) is 2. The number of carboxylic acids is 1. The van der Waals surface area contributed by atoms with E-state index in [1.165, 1.54) is 0 Å². The van der Waals surface area contributed by atoms with Crippen molar-refractivity contribution in [3.8, 4) is 0 Å². The van der Waals surface area contributed by atoms with E-state index in [-0.39, 0.29) is 5.69 Å². The van der Waals surface area contributed by atoms with Crippen LogP contribution in [0.1, 0.15) is 16.2 Å². The number of carbonyl (C=O) groups is 1. The van der Waals surface area contributed by atoms with E-state index < -0.39 is 5.97 Å². The fourth-order valence-corrected chi connectivity index (χ4v) is 1.62. The number of hydrogen-bond acceptors (Lipinski definition) is 5. The largest absolute Gasteiger partial charge is 0.476 e. The third kappa shape index (κ3) is 2.02. The maximum absolute atomic E-state index is 11.1. The molecule has 0 aliphatic heterocycles. The number of para-hydroxylation sites is 1. The maximum Gasteiger partial charge on any atom is 0.356 e. The number of benzene rings is 1. The van der Waals surface area contributed by atoms with E-state index in [1.807, 2.05) is 0 Å². The Balaban J connectivity index is 2.72. The zero-order valence-electron chi connectivity index (χ0n) is 9.05. The highest BCUT2D eigenvalue weighted by molar-refractivity contribution is 5.92. The molecule has 6 heteroatoms. The average Bonchev–Trinajstić information content (AvgIpc) is 2.29. The maximum atomic E-state index is 11.1. The van der Waals surface area contributed by atoms with Crippen LogP contribution in [0.3, 0.4) is 0 Å². The molecule has 2 aromatic rings. The van der Waals surface area contributed by atoms with Gasteiger partial charge in [-0.1, -0.05) is 6.07 Å². The highest BCUT2D eigenvalue weighted by atomic mass is 16.4. The van der Waals surface area contributed by atoms with Crippen molar-refractivity contribution in [3.05, 3.63) is 29.6 Å². The Morgan fingerprint density at radius 1 is 1.35 bits per heavy atom. The lowest BCUT2D eigenvalue weighted by molar-refractivity contribution is 0.0689. The van der Waals surface area contributed by atoms with Crippen molar-refractivity contribution in [2.75, 3.05) is 12.3 Å². The van der Waals surface area contributed by atoms with Gasteiger partial charge in [-0.15, -0.1) is 0 Å². The second-order valence-electron chi connectivity index (χ2n) is 3.58. The Bertz CT molecular complexity index is 583. The van der Waals surface area contributed by atoms with Gasteiger partial charge < -0.3 is 16.6 Å². The Morgan fingerprint density at radius 2 is 2.12 bits per heavy atom. The van der Waals surface area contributed by atoms with Crippen molar-refractivity contribution >= 4 is 22.7 Å². The standard InChI is InChI=1S/C11H12N4O2/c12-5-4-8-10(11(16)17)15-7-3-1-2-6(13)9(7)14-8/h1-3H,4-5,12-13H2,(H,16,17). The zero-order chi connectivity index (χ0) is 12.4. The minimum Gasteiger partial charge on any atom is -0.476 e. The summed E-state index contributed by atoms with van der Waals surface area (Å²) in [5, 5.41) is 9.05. The predicted molar refractivity (Wildman–Crippen MR) is 63.7 cm³/mol. The third-order valence-electron chi connectivity index (χ3n) is 2.38. The Hall–Kier alpha value is -2.21. The summed E-state index contributed by atoms with van der Waals surface area (Å²) in [6, 6.07) is 5.08. The first-order valence-electron chi connectivity index (χ1n) is 5.12. The van der Waals surface area contributed by atoms with Crippen LogP contribution in [0, 0.1) is 0 Å². The summed E-state index contributed by atoms with van der Waals surface area (Å²) in [4.78, 5) is 19.3. The summed E-state index contributed by atoms with van der Waals surface area (Å²) < 4.78 is 0. The molecule has 0 unspecified atom stereocenters. The molecule has 0 saturated heterocycles. The molecule has 0 aliphatic carbocycles. The first-order chi connectivity index (χ1) is 8.13. The SMILES string of the molecule is NCCc1nc2c(N)cccc2nc1C(=O)O. The van der Waals surface area contributed by atoms with Gasteiger partial charge in [0.25, 0.3) is 0 Å². The summed E-state index contributed by atoms with van der Waals surface area (Å²) in [5.74, 6) is -1.11. The number of hydrogen-bond donors (Lipinski definition) is 3. The fraction of sp³-hybridized carbons (Fsp3) is 0.182.